The molecule has 2 atom stereocenters. The van der Waals surface area contributed by atoms with E-state index in [0.717, 1.165) is 23.5 Å². The molecule has 0 spiro atoms. The zero-order chi connectivity index (χ0) is 18.2. The smallest absolute Gasteiger partial charge is 0.261 e. The predicted molar refractivity (Wildman–Crippen MR) is 100 cm³/mol. The Bertz CT molecular complexity index is 665. The fraction of sp³-hybridized carbons (Fsp3) is 0.381. The maximum absolute atomic E-state index is 12.5. The molecule has 4 heteroatoms. The summed E-state index contributed by atoms with van der Waals surface area (Å²) >= 11 is 0. The van der Waals surface area contributed by atoms with Gasteiger partial charge in [-0.1, -0.05) is 38.1 Å². The molecule has 0 aliphatic heterocycles. The standard InChI is InChI=1S/C21H27NO3/c1-5-16-7-11-19(12-8-16)25-20(6-2)21(23)22-15(3)17-9-13-18(24-4)14-10-17/h7-15,20H,5-6H2,1-4H3,(H,22,23)/t15-,20+/m0/s1. The fourth-order valence-electron chi connectivity index (χ4n) is 2.57. The van der Waals surface area contributed by atoms with Crippen molar-refractivity contribution in [2.45, 2.75) is 45.8 Å². The zero-order valence-corrected chi connectivity index (χ0v) is 15.4. The van der Waals surface area contributed by atoms with E-state index >= 15 is 0 Å². The van der Waals surface area contributed by atoms with Gasteiger partial charge in [0.25, 0.3) is 5.91 Å². The number of hydrogen-bond acceptors (Lipinski definition) is 3. The highest BCUT2D eigenvalue weighted by Gasteiger charge is 2.20. The number of nitrogens with one attached hydrogen (secondary N) is 1. The molecule has 2 rings (SSSR count). The highest BCUT2D eigenvalue weighted by Crippen LogP contribution is 2.19. The van der Waals surface area contributed by atoms with Crippen molar-refractivity contribution < 1.29 is 14.3 Å². The molecule has 0 heterocycles. The monoisotopic (exact) mass is 341 g/mol. The number of aryl methyl sites for hydroxylation is 1. The molecule has 0 radical (unpaired) electrons. The molecule has 0 saturated carbocycles. The molecular weight excluding hydrogens is 314 g/mol. The molecular formula is C21H27NO3. The van der Waals surface area contributed by atoms with Crippen LogP contribution in [0.5, 0.6) is 11.5 Å². The van der Waals surface area contributed by atoms with E-state index in [1.54, 1.807) is 7.11 Å². The molecule has 0 saturated heterocycles. The molecule has 4 nitrogen and oxygen atoms in total. The first kappa shape index (κ1) is 18.8. The number of benzene rings is 2. The quantitative estimate of drug-likeness (QED) is 0.779. The summed E-state index contributed by atoms with van der Waals surface area (Å²) in [4.78, 5) is 12.5. The third-order valence-corrected chi connectivity index (χ3v) is 4.25. The molecule has 0 unspecified atom stereocenters. The van der Waals surface area contributed by atoms with Gasteiger partial charge in [-0.2, -0.15) is 0 Å². The van der Waals surface area contributed by atoms with Crippen LogP contribution in [0.3, 0.4) is 0 Å². The Morgan fingerprint density at radius 1 is 1.00 bits per heavy atom. The Labute approximate surface area is 150 Å². The van der Waals surface area contributed by atoms with Crippen LogP contribution in [0.4, 0.5) is 0 Å². The van der Waals surface area contributed by atoms with Crippen LogP contribution < -0.4 is 14.8 Å². The zero-order valence-electron chi connectivity index (χ0n) is 15.4. The first-order valence-corrected chi connectivity index (χ1v) is 8.77. The summed E-state index contributed by atoms with van der Waals surface area (Å²) in [6.45, 7) is 6.02. The molecule has 134 valence electrons. The van der Waals surface area contributed by atoms with Gasteiger partial charge in [-0.05, 0) is 55.2 Å². The fourth-order valence-corrected chi connectivity index (χ4v) is 2.57. The van der Waals surface area contributed by atoms with Crippen molar-refractivity contribution in [3.05, 3.63) is 59.7 Å². The molecule has 0 aliphatic rings. The molecule has 1 amide bonds. The van der Waals surface area contributed by atoms with Gasteiger partial charge in [0.2, 0.25) is 0 Å². The minimum Gasteiger partial charge on any atom is -0.497 e. The van der Waals surface area contributed by atoms with Gasteiger partial charge < -0.3 is 14.8 Å². The molecule has 0 fully saturated rings. The maximum atomic E-state index is 12.5. The Kier molecular flexibility index (Phi) is 6.87. The third-order valence-electron chi connectivity index (χ3n) is 4.25. The molecule has 0 bridgehead atoms. The second-order valence-corrected chi connectivity index (χ2v) is 6.02. The lowest BCUT2D eigenvalue weighted by atomic mass is 10.1. The van der Waals surface area contributed by atoms with Crippen molar-refractivity contribution in [2.24, 2.45) is 0 Å². The van der Waals surface area contributed by atoms with Crippen LogP contribution >= 0.6 is 0 Å². The summed E-state index contributed by atoms with van der Waals surface area (Å²) in [5, 5.41) is 3.02. The average molecular weight is 341 g/mol. The number of ether oxygens (including phenoxy) is 2. The van der Waals surface area contributed by atoms with E-state index in [9.17, 15) is 4.79 Å². The number of rotatable bonds is 8. The van der Waals surface area contributed by atoms with Crippen molar-refractivity contribution in [1.82, 2.24) is 5.32 Å². The third kappa shape index (κ3) is 5.24. The summed E-state index contributed by atoms with van der Waals surface area (Å²) < 4.78 is 11.0. The van der Waals surface area contributed by atoms with Crippen molar-refractivity contribution in [1.29, 1.82) is 0 Å². The lowest BCUT2D eigenvalue weighted by Gasteiger charge is -2.21. The highest BCUT2D eigenvalue weighted by molar-refractivity contribution is 5.81. The number of methoxy groups -OCH3 is 1. The van der Waals surface area contributed by atoms with Crippen molar-refractivity contribution >= 4 is 5.91 Å². The van der Waals surface area contributed by atoms with Crippen LogP contribution in [0.25, 0.3) is 0 Å². The maximum Gasteiger partial charge on any atom is 0.261 e. The van der Waals surface area contributed by atoms with Gasteiger partial charge in [0, 0.05) is 0 Å². The van der Waals surface area contributed by atoms with Gasteiger partial charge in [-0.3, -0.25) is 4.79 Å². The van der Waals surface area contributed by atoms with Gasteiger partial charge in [-0.25, -0.2) is 0 Å². The van der Waals surface area contributed by atoms with Crippen LogP contribution in [0, 0.1) is 0 Å². The predicted octanol–water partition coefficient (Wildman–Crippen LogP) is 4.29. The molecule has 0 aliphatic carbocycles. The second kappa shape index (κ2) is 9.11. The van der Waals surface area contributed by atoms with E-state index < -0.39 is 6.10 Å². The lowest BCUT2D eigenvalue weighted by molar-refractivity contribution is -0.128. The van der Waals surface area contributed by atoms with Gasteiger partial charge in [-0.15, -0.1) is 0 Å². The number of amides is 1. The molecule has 1 N–H and O–H groups in total. The summed E-state index contributed by atoms with van der Waals surface area (Å²) in [7, 11) is 1.64. The second-order valence-electron chi connectivity index (χ2n) is 6.02. The SMILES string of the molecule is CCc1ccc(O[C@H](CC)C(=O)N[C@@H](C)c2ccc(OC)cc2)cc1. The Morgan fingerprint density at radius 3 is 2.12 bits per heavy atom. The van der Waals surface area contributed by atoms with Crippen LogP contribution in [0.1, 0.15) is 44.4 Å². The van der Waals surface area contributed by atoms with Crippen LogP contribution in [-0.4, -0.2) is 19.1 Å². The van der Waals surface area contributed by atoms with Crippen LogP contribution in [0.2, 0.25) is 0 Å². The minimum absolute atomic E-state index is 0.0986. The number of carbonyl (C=O) groups excluding carboxylic acids is 1. The van der Waals surface area contributed by atoms with Crippen LogP contribution in [0.15, 0.2) is 48.5 Å². The highest BCUT2D eigenvalue weighted by atomic mass is 16.5. The first-order valence-electron chi connectivity index (χ1n) is 8.77. The topological polar surface area (TPSA) is 47.6 Å². The van der Waals surface area contributed by atoms with E-state index in [2.05, 4.69) is 12.2 Å². The van der Waals surface area contributed by atoms with Gasteiger partial charge >= 0.3 is 0 Å². The lowest BCUT2D eigenvalue weighted by Crippen LogP contribution is -2.39. The van der Waals surface area contributed by atoms with Crippen molar-refractivity contribution in [3.8, 4) is 11.5 Å². The van der Waals surface area contributed by atoms with Gasteiger partial charge in [0.1, 0.15) is 11.5 Å². The number of carbonyl (C=O) groups is 1. The molecule has 2 aromatic rings. The van der Waals surface area contributed by atoms with Crippen LogP contribution in [-0.2, 0) is 11.2 Å². The summed E-state index contributed by atoms with van der Waals surface area (Å²) in [5.74, 6) is 1.41. The van der Waals surface area contributed by atoms with E-state index in [1.165, 1.54) is 5.56 Å². The Morgan fingerprint density at radius 2 is 1.60 bits per heavy atom. The Balaban J connectivity index is 1.97. The van der Waals surface area contributed by atoms with E-state index in [-0.39, 0.29) is 11.9 Å². The molecule has 2 aromatic carbocycles. The molecule has 0 aromatic heterocycles. The van der Waals surface area contributed by atoms with Gasteiger partial charge in [0.15, 0.2) is 6.10 Å². The summed E-state index contributed by atoms with van der Waals surface area (Å²) in [5.41, 5.74) is 2.27. The summed E-state index contributed by atoms with van der Waals surface area (Å²) in [6, 6.07) is 15.5. The van der Waals surface area contributed by atoms with E-state index in [1.807, 2.05) is 62.4 Å². The van der Waals surface area contributed by atoms with E-state index in [0.29, 0.717) is 6.42 Å². The Hall–Kier alpha value is -2.49. The van der Waals surface area contributed by atoms with Crippen molar-refractivity contribution in [2.75, 3.05) is 7.11 Å². The normalized spacial score (nSPS) is 13.0. The minimum atomic E-state index is -0.506. The first-order chi connectivity index (χ1) is 12.1. The largest absolute Gasteiger partial charge is 0.497 e. The molecule has 25 heavy (non-hydrogen) atoms. The average Bonchev–Trinajstić information content (AvgIpc) is 2.66. The van der Waals surface area contributed by atoms with E-state index in [4.69, 9.17) is 9.47 Å². The van der Waals surface area contributed by atoms with Crippen molar-refractivity contribution in [3.63, 3.8) is 0 Å². The number of hydrogen-bond donors (Lipinski definition) is 1. The summed E-state index contributed by atoms with van der Waals surface area (Å²) in [6.07, 6.45) is 1.08. The van der Waals surface area contributed by atoms with Gasteiger partial charge in [0.05, 0.1) is 13.2 Å².